The van der Waals surface area contributed by atoms with Gasteiger partial charge >= 0.3 is 5.97 Å². The summed E-state index contributed by atoms with van der Waals surface area (Å²) >= 11 is 1.41. The number of aromatic nitrogens is 1. The molecule has 2 heterocycles. The molecule has 3 rings (SSSR count). The molecule has 1 aromatic carbocycles. The third-order valence-corrected chi connectivity index (χ3v) is 5.68. The van der Waals surface area contributed by atoms with E-state index < -0.39 is 11.9 Å². The Kier molecular flexibility index (Phi) is 6.11. The van der Waals surface area contributed by atoms with E-state index >= 15 is 0 Å². The topological polar surface area (TPSA) is 79.7 Å². The number of hydrogen-bond donors (Lipinski definition) is 1. The third kappa shape index (κ3) is 4.47. The molecule has 2 atom stereocenters. The summed E-state index contributed by atoms with van der Waals surface area (Å²) in [6.07, 6.45) is 2.26. The summed E-state index contributed by atoms with van der Waals surface area (Å²) in [5.74, 6) is -0.725. The number of carbonyl (C=O) groups is 2. The van der Waals surface area contributed by atoms with Gasteiger partial charge in [-0.1, -0.05) is 6.92 Å². The van der Waals surface area contributed by atoms with Gasteiger partial charge in [0.2, 0.25) is 0 Å². The molecule has 1 fully saturated rings. The Morgan fingerprint density at radius 1 is 1.30 bits per heavy atom. The minimum absolute atomic E-state index is 0.0215. The molecule has 1 saturated heterocycles. The number of rotatable bonds is 6. The second kappa shape index (κ2) is 8.52. The molecule has 0 spiro atoms. The van der Waals surface area contributed by atoms with Gasteiger partial charge in [0.25, 0.3) is 5.91 Å². The molecule has 1 amide bonds. The van der Waals surface area contributed by atoms with E-state index in [1.54, 1.807) is 10.3 Å². The molecule has 0 radical (unpaired) electrons. The number of likely N-dealkylation sites (tertiary alicyclic amines) is 1. The number of nitrogens with zero attached hydrogens (tertiary/aromatic N) is 2. The summed E-state index contributed by atoms with van der Waals surface area (Å²) in [6, 6.07) is 7.69. The quantitative estimate of drug-likeness (QED) is 0.811. The third-order valence-electron chi connectivity index (χ3n) is 4.79. The number of hydrogen-bond acceptors (Lipinski definition) is 5. The van der Waals surface area contributed by atoms with E-state index in [0.717, 1.165) is 22.7 Å². The Labute approximate surface area is 162 Å². The Bertz CT molecular complexity index is 803. The lowest BCUT2D eigenvalue weighted by molar-refractivity contribution is -0.143. The standard InChI is InChI=1S/C20H24N2O4S/c1-3-10-26-16-8-6-14(7-9-16)18-21-17(12-27-18)19(23)22-11-15(20(24)25)5-4-13(22)2/h6-9,12-13,15H,3-5,10-11H2,1-2H3,(H,24,25). The SMILES string of the molecule is CCCOc1ccc(-c2nc(C(=O)N3CC(C(=O)O)CCC3C)cs2)cc1. The zero-order valence-electron chi connectivity index (χ0n) is 15.6. The highest BCUT2D eigenvalue weighted by atomic mass is 32.1. The normalized spacial score (nSPS) is 19.7. The van der Waals surface area contributed by atoms with Crippen molar-refractivity contribution in [1.29, 1.82) is 0 Å². The molecular weight excluding hydrogens is 364 g/mol. The molecule has 1 aliphatic rings. The molecular formula is C20H24N2O4S. The molecule has 144 valence electrons. The fraction of sp³-hybridized carbons (Fsp3) is 0.450. The highest BCUT2D eigenvalue weighted by Crippen LogP contribution is 2.28. The number of carboxylic acids is 1. The number of aliphatic carboxylic acids is 1. The molecule has 1 N–H and O–H groups in total. The van der Waals surface area contributed by atoms with E-state index in [-0.39, 0.29) is 18.5 Å². The molecule has 0 bridgehead atoms. The Hall–Kier alpha value is -2.41. The van der Waals surface area contributed by atoms with Gasteiger partial charge in [-0.2, -0.15) is 0 Å². The largest absolute Gasteiger partial charge is 0.494 e. The number of carbonyl (C=O) groups excluding carboxylic acids is 1. The Morgan fingerprint density at radius 2 is 2.04 bits per heavy atom. The summed E-state index contributed by atoms with van der Waals surface area (Å²) in [6.45, 7) is 4.94. The van der Waals surface area contributed by atoms with Crippen LogP contribution in [-0.2, 0) is 4.79 Å². The summed E-state index contributed by atoms with van der Waals surface area (Å²) in [7, 11) is 0. The maximum Gasteiger partial charge on any atom is 0.308 e. The van der Waals surface area contributed by atoms with Crippen LogP contribution < -0.4 is 4.74 Å². The van der Waals surface area contributed by atoms with Gasteiger partial charge < -0.3 is 14.7 Å². The summed E-state index contributed by atoms with van der Waals surface area (Å²) in [5, 5.41) is 11.8. The Balaban J connectivity index is 1.72. The van der Waals surface area contributed by atoms with Crippen LogP contribution >= 0.6 is 11.3 Å². The average molecular weight is 388 g/mol. The van der Waals surface area contributed by atoms with Gasteiger partial charge in [-0.25, -0.2) is 4.98 Å². The van der Waals surface area contributed by atoms with Crippen molar-refractivity contribution in [3.8, 4) is 16.3 Å². The monoisotopic (exact) mass is 388 g/mol. The van der Waals surface area contributed by atoms with Gasteiger partial charge in [-0.05, 0) is 50.5 Å². The predicted molar refractivity (Wildman–Crippen MR) is 104 cm³/mol. The highest BCUT2D eigenvalue weighted by molar-refractivity contribution is 7.13. The Morgan fingerprint density at radius 3 is 2.70 bits per heavy atom. The van der Waals surface area contributed by atoms with E-state index in [4.69, 9.17) is 4.74 Å². The first-order valence-corrected chi connectivity index (χ1v) is 10.1. The molecule has 2 aromatic rings. The number of thiazole rings is 1. The predicted octanol–water partition coefficient (Wildman–Crippen LogP) is 3.92. The minimum atomic E-state index is -0.843. The van der Waals surface area contributed by atoms with Crippen molar-refractivity contribution in [2.45, 2.75) is 39.2 Å². The summed E-state index contributed by atoms with van der Waals surface area (Å²) in [5.41, 5.74) is 1.30. The van der Waals surface area contributed by atoms with Gasteiger partial charge in [-0.3, -0.25) is 9.59 Å². The van der Waals surface area contributed by atoms with E-state index in [1.165, 1.54) is 11.3 Å². The highest BCUT2D eigenvalue weighted by Gasteiger charge is 2.33. The molecule has 2 unspecified atom stereocenters. The van der Waals surface area contributed by atoms with Crippen molar-refractivity contribution in [3.63, 3.8) is 0 Å². The zero-order valence-corrected chi connectivity index (χ0v) is 16.4. The van der Waals surface area contributed by atoms with Crippen molar-refractivity contribution < 1.29 is 19.4 Å². The fourth-order valence-corrected chi connectivity index (χ4v) is 3.96. The summed E-state index contributed by atoms with van der Waals surface area (Å²) in [4.78, 5) is 30.3. The van der Waals surface area contributed by atoms with Crippen LogP contribution in [0, 0.1) is 5.92 Å². The van der Waals surface area contributed by atoms with Crippen molar-refractivity contribution in [3.05, 3.63) is 35.3 Å². The number of ether oxygens (including phenoxy) is 1. The van der Waals surface area contributed by atoms with Crippen LogP contribution in [-0.4, -0.2) is 46.1 Å². The second-order valence-corrected chi connectivity index (χ2v) is 7.69. The van der Waals surface area contributed by atoms with Crippen LogP contribution in [0.3, 0.4) is 0 Å². The zero-order chi connectivity index (χ0) is 19.4. The lowest BCUT2D eigenvalue weighted by Crippen LogP contribution is -2.47. The van der Waals surface area contributed by atoms with Crippen LogP contribution in [0.15, 0.2) is 29.6 Å². The molecule has 1 aliphatic heterocycles. The fourth-order valence-electron chi connectivity index (χ4n) is 3.16. The molecule has 0 saturated carbocycles. The van der Waals surface area contributed by atoms with E-state index in [2.05, 4.69) is 11.9 Å². The van der Waals surface area contributed by atoms with Gasteiger partial charge in [0.1, 0.15) is 16.5 Å². The van der Waals surface area contributed by atoms with E-state index in [1.807, 2.05) is 31.2 Å². The maximum atomic E-state index is 12.9. The van der Waals surface area contributed by atoms with E-state index in [9.17, 15) is 14.7 Å². The molecule has 6 nitrogen and oxygen atoms in total. The van der Waals surface area contributed by atoms with Crippen molar-refractivity contribution in [1.82, 2.24) is 9.88 Å². The molecule has 1 aromatic heterocycles. The minimum Gasteiger partial charge on any atom is -0.494 e. The molecule has 7 heteroatoms. The number of piperidine rings is 1. The smallest absolute Gasteiger partial charge is 0.308 e. The number of benzene rings is 1. The first kappa shape index (κ1) is 19.4. The lowest BCUT2D eigenvalue weighted by Gasteiger charge is -2.36. The molecule has 27 heavy (non-hydrogen) atoms. The first-order valence-electron chi connectivity index (χ1n) is 9.22. The number of carboxylic acid groups (broad SMARTS) is 1. The van der Waals surface area contributed by atoms with Gasteiger partial charge in [-0.15, -0.1) is 11.3 Å². The average Bonchev–Trinajstić information content (AvgIpc) is 3.16. The van der Waals surface area contributed by atoms with E-state index in [0.29, 0.717) is 25.1 Å². The second-order valence-electron chi connectivity index (χ2n) is 6.83. The van der Waals surface area contributed by atoms with Crippen LogP contribution in [0.1, 0.15) is 43.6 Å². The molecule has 0 aliphatic carbocycles. The van der Waals surface area contributed by atoms with Crippen molar-refractivity contribution in [2.75, 3.05) is 13.2 Å². The van der Waals surface area contributed by atoms with Crippen LogP contribution in [0.2, 0.25) is 0 Å². The first-order chi connectivity index (χ1) is 13.0. The van der Waals surface area contributed by atoms with Crippen LogP contribution in [0.25, 0.3) is 10.6 Å². The van der Waals surface area contributed by atoms with Gasteiger partial charge in [0, 0.05) is 23.5 Å². The number of amides is 1. The van der Waals surface area contributed by atoms with Crippen molar-refractivity contribution >= 4 is 23.2 Å². The van der Waals surface area contributed by atoms with Gasteiger partial charge in [0.05, 0.1) is 12.5 Å². The van der Waals surface area contributed by atoms with Gasteiger partial charge in [0.15, 0.2) is 0 Å². The van der Waals surface area contributed by atoms with Crippen LogP contribution in [0.5, 0.6) is 5.75 Å². The van der Waals surface area contributed by atoms with Crippen LogP contribution in [0.4, 0.5) is 0 Å². The van der Waals surface area contributed by atoms with Crippen molar-refractivity contribution in [2.24, 2.45) is 5.92 Å². The maximum absolute atomic E-state index is 12.9. The summed E-state index contributed by atoms with van der Waals surface area (Å²) < 4.78 is 5.58. The lowest BCUT2D eigenvalue weighted by atomic mass is 9.93.